The molecule has 0 radical (unpaired) electrons. The van der Waals surface area contributed by atoms with Gasteiger partial charge in [0.15, 0.2) is 10.8 Å². The minimum atomic E-state index is 0.712. The zero-order valence-corrected chi connectivity index (χ0v) is 14.2. The first-order chi connectivity index (χ1) is 11.2. The second-order valence-electron chi connectivity index (χ2n) is 5.07. The van der Waals surface area contributed by atoms with Crippen molar-refractivity contribution in [3.05, 3.63) is 53.4 Å². The average molecular weight is 339 g/mol. The molecule has 5 nitrogen and oxygen atoms in total. The number of nitrogens with zero attached hydrogens (tertiary/aromatic N) is 5. The summed E-state index contributed by atoms with van der Waals surface area (Å²) in [5, 5.41) is 7.23. The third-order valence-electron chi connectivity index (χ3n) is 3.41. The predicted molar refractivity (Wildman–Crippen MR) is 91.9 cm³/mol. The third kappa shape index (κ3) is 2.73. The van der Waals surface area contributed by atoms with E-state index in [4.69, 9.17) is 0 Å². The summed E-state index contributed by atoms with van der Waals surface area (Å²) >= 11 is 3.18. The maximum Gasteiger partial charge on any atom is 0.193 e. The summed E-state index contributed by atoms with van der Waals surface area (Å²) in [6.07, 6.45) is 3.65. The first-order valence-electron chi connectivity index (χ1n) is 7.07. The number of hydrogen-bond acceptors (Lipinski definition) is 6. The molecule has 0 unspecified atom stereocenters. The van der Waals surface area contributed by atoms with Gasteiger partial charge in [-0.2, -0.15) is 5.10 Å². The van der Waals surface area contributed by atoms with Crippen molar-refractivity contribution in [3.8, 4) is 10.6 Å². The molecule has 4 heterocycles. The Morgan fingerprint density at radius 2 is 2.09 bits per heavy atom. The van der Waals surface area contributed by atoms with E-state index in [9.17, 15) is 0 Å². The molecular formula is C16H13N5S2. The molecule has 0 atom stereocenters. The van der Waals surface area contributed by atoms with Crippen LogP contribution in [0.1, 0.15) is 11.4 Å². The fourth-order valence-corrected chi connectivity index (χ4v) is 3.79. The number of aryl methyl sites for hydroxylation is 2. The highest BCUT2D eigenvalue weighted by Crippen LogP contribution is 2.29. The molecule has 0 saturated heterocycles. The molecule has 23 heavy (non-hydrogen) atoms. The highest BCUT2D eigenvalue weighted by Gasteiger charge is 2.11. The molecule has 7 heteroatoms. The molecular weight excluding hydrogens is 326 g/mol. The summed E-state index contributed by atoms with van der Waals surface area (Å²) in [7, 11) is 0. The maximum atomic E-state index is 4.64. The Balaban J connectivity index is 1.71. The molecule has 0 aliphatic carbocycles. The molecule has 114 valence electrons. The Morgan fingerprint density at radius 3 is 2.91 bits per heavy atom. The molecule has 4 aromatic heterocycles. The molecule has 0 aromatic carbocycles. The average Bonchev–Trinajstić information content (AvgIpc) is 3.20. The molecule has 0 N–H and O–H groups in total. The van der Waals surface area contributed by atoms with Gasteiger partial charge in [0.1, 0.15) is 0 Å². The smallest absolute Gasteiger partial charge is 0.193 e. The van der Waals surface area contributed by atoms with Crippen molar-refractivity contribution >= 4 is 28.7 Å². The summed E-state index contributed by atoms with van der Waals surface area (Å²) < 4.78 is 1.86. The Kier molecular flexibility index (Phi) is 3.59. The summed E-state index contributed by atoms with van der Waals surface area (Å²) in [6.45, 7) is 4.00. The Labute approximate surface area is 141 Å². The minimum absolute atomic E-state index is 0.712. The van der Waals surface area contributed by atoms with E-state index in [0.29, 0.717) is 5.16 Å². The molecule has 0 spiro atoms. The van der Waals surface area contributed by atoms with Crippen LogP contribution in [0.2, 0.25) is 0 Å². The van der Waals surface area contributed by atoms with Gasteiger partial charge in [0.2, 0.25) is 0 Å². The maximum absolute atomic E-state index is 4.64. The van der Waals surface area contributed by atoms with Crippen LogP contribution in [0.4, 0.5) is 0 Å². The molecule has 0 aliphatic rings. The second kappa shape index (κ2) is 5.75. The van der Waals surface area contributed by atoms with E-state index < -0.39 is 0 Å². The van der Waals surface area contributed by atoms with Gasteiger partial charge in [-0.25, -0.2) is 19.5 Å². The van der Waals surface area contributed by atoms with E-state index in [1.807, 2.05) is 48.1 Å². The van der Waals surface area contributed by atoms with Crippen molar-refractivity contribution in [3.63, 3.8) is 0 Å². The van der Waals surface area contributed by atoms with E-state index in [2.05, 4.69) is 26.1 Å². The fraction of sp³-hybridized carbons (Fsp3) is 0.125. The van der Waals surface area contributed by atoms with Crippen LogP contribution in [-0.4, -0.2) is 24.6 Å². The third-order valence-corrected chi connectivity index (χ3v) is 5.30. The van der Waals surface area contributed by atoms with Crippen LogP contribution in [0, 0.1) is 13.8 Å². The van der Waals surface area contributed by atoms with Gasteiger partial charge in [0.05, 0.1) is 26.9 Å². The van der Waals surface area contributed by atoms with Crippen molar-refractivity contribution in [1.82, 2.24) is 24.6 Å². The molecule has 0 aliphatic heterocycles. The number of hydrogen-bond donors (Lipinski definition) is 0. The molecule has 4 aromatic rings. The molecule has 0 amide bonds. The van der Waals surface area contributed by atoms with Crippen LogP contribution >= 0.6 is 23.1 Å². The first-order valence-corrected chi connectivity index (χ1v) is 8.77. The Hall–Kier alpha value is -2.25. The number of aromatic nitrogens is 5. The number of fused-ring (bicyclic) bond motifs is 1. The van der Waals surface area contributed by atoms with Crippen molar-refractivity contribution < 1.29 is 0 Å². The van der Waals surface area contributed by atoms with Gasteiger partial charge in [-0.05, 0) is 43.1 Å². The second-order valence-corrected chi connectivity index (χ2v) is 7.02. The van der Waals surface area contributed by atoms with E-state index >= 15 is 0 Å². The van der Waals surface area contributed by atoms with E-state index in [1.54, 1.807) is 17.5 Å². The van der Waals surface area contributed by atoms with Gasteiger partial charge in [-0.15, -0.1) is 11.3 Å². The quantitative estimate of drug-likeness (QED) is 0.528. The van der Waals surface area contributed by atoms with Crippen molar-refractivity contribution in [2.75, 3.05) is 0 Å². The van der Waals surface area contributed by atoms with Crippen LogP contribution in [0.3, 0.4) is 0 Å². The zero-order valence-electron chi connectivity index (χ0n) is 12.6. The van der Waals surface area contributed by atoms with Crippen molar-refractivity contribution in [2.24, 2.45) is 0 Å². The lowest BCUT2D eigenvalue weighted by Crippen LogP contribution is -1.98. The van der Waals surface area contributed by atoms with Crippen LogP contribution < -0.4 is 0 Å². The topological polar surface area (TPSA) is 56.0 Å². The molecule has 4 rings (SSSR count). The summed E-state index contributed by atoms with van der Waals surface area (Å²) in [6, 6.07) is 7.99. The van der Waals surface area contributed by atoms with Gasteiger partial charge in [0, 0.05) is 18.5 Å². The summed E-state index contributed by atoms with van der Waals surface area (Å²) in [4.78, 5) is 15.6. The minimum Gasteiger partial charge on any atom is -0.236 e. The van der Waals surface area contributed by atoms with E-state index in [-0.39, 0.29) is 0 Å². The molecule has 0 bridgehead atoms. The largest absolute Gasteiger partial charge is 0.236 e. The van der Waals surface area contributed by atoms with Crippen LogP contribution in [0.15, 0.2) is 52.1 Å². The lowest BCUT2D eigenvalue weighted by molar-refractivity contribution is 0.846. The summed E-state index contributed by atoms with van der Waals surface area (Å²) in [5.41, 5.74) is 3.80. The first kappa shape index (κ1) is 14.3. The van der Waals surface area contributed by atoms with E-state index in [1.165, 1.54) is 11.8 Å². The van der Waals surface area contributed by atoms with Gasteiger partial charge >= 0.3 is 0 Å². The molecule has 0 saturated carbocycles. The molecule has 0 fully saturated rings. The monoisotopic (exact) mass is 339 g/mol. The fourth-order valence-electron chi connectivity index (χ4n) is 2.30. The standard InChI is InChI=1S/C16H13N5S2/c1-10-8-15-18-9-14(11(2)21(15)20-10)23-16-17-6-5-12(19-16)13-4-3-7-22-13/h3-9H,1-2H3. The van der Waals surface area contributed by atoms with Crippen LogP contribution in [-0.2, 0) is 0 Å². The Bertz CT molecular complexity index is 975. The zero-order chi connectivity index (χ0) is 15.8. The Morgan fingerprint density at radius 1 is 1.17 bits per heavy atom. The van der Waals surface area contributed by atoms with Crippen molar-refractivity contribution in [1.29, 1.82) is 0 Å². The normalized spacial score (nSPS) is 11.2. The lowest BCUT2D eigenvalue weighted by Gasteiger charge is -2.06. The van der Waals surface area contributed by atoms with Gasteiger partial charge in [-0.1, -0.05) is 6.07 Å². The van der Waals surface area contributed by atoms with Gasteiger partial charge in [0.25, 0.3) is 0 Å². The van der Waals surface area contributed by atoms with E-state index in [0.717, 1.165) is 32.5 Å². The van der Waals surface area contributed by atoms with Crippen LogP contribution in [0.5, 0.6) is 0 Å². The van der Waals surface area contributed by atoms with Gasteiger partial charge < -0.3 is 0 Å². The lowest BCUT2D eigenvalue weighted by atomic mass is 10.3. The summed E-state index contributed by atoms with van der Waals surface area (Å²) in [5.74, 6) is 0. The highest BCUT2D eigenvalue weighted by atomic mass is 32.2. The number of thiophene rings is 1. The highest BCUT2D eigenvalue weighted by molar-refractivity contribution is 7.99. The van der Waals surface area contributed by atoms with Gasteiger partial charge in [-0.3, -0.25) is 0 Å². The van der Waals surface area contributed by atoms with Crippen molar-refractivity contribution in [2.45, 2.75) is 23.9 Å². The number of rotatable bonds is 3. The SMILES string of the molecule is Cc1cc2ncc(Sc3nccc(-c4cccs4)n3)c(C)n2n1. The van der Waals surface area contributed by atoms with Crippen LogP contribution in [0.25, 0.3) is 16.2 Å². The predicted octanol–water partition coefficient (Wildman–Crippen LogP) is 4.02.